The zero-order valence-corrected chi connectivity index (χ0v) is 10.9. The van der Waals surface area contributed by atoms with Crippen molar-refractivity contribution in [1.29, 1.82) is 0 Å². The molecular formula is C9H11N3O3S2. The molecule has 0 aromatic carbocycles. The second-order valence-corrected chi connectivity index (χ2v) is 5.79. The second-order valence-electron chi connectivity index (χ2n) is 3.69. The third kappa shape index (κ3) is 2.14. The minimum atomic E-state index is -0.967. The first-order chi connectivity index (χ1) is 8.02. The summed E-state index contributed by atoms with van der Waals surface area (Å²) in [6.07, 6.45) is 0. The third-order valence-corrected chi connectivity index (χ3v) is 4.62. The predicted octanol–water partition coefficient (Wildman–Crippen LogP) is 0.835. The summed E-state index contributed by atoms with van der Waals surface area (Å²) in [5, 5.41) is 12.7. The summed E-state index contributed by atoms with van der Waals surface area (Å²) in [5.74, 6) is -0.833. The fraction of sp³-hybridized carbons (Fsp3) is 0.556. The van der Waals surface area contributed by atoms with Gasteiger partial charge in [0.1, 0.15) is 10.9 Å². The smallest absolute Gasteiger partial charge is 0.327 e. The molecule has 0 bridgehead atoms. The van der Waals surface area contributed by atoms with Crippen molar-refractivity contribution in [3.8, 4) is 0 Å². The molecule has 1 aliphatic rings. The monoisotopic (exact) mass is 273 g/mol. The Labute approximate surface area is 106 Å². The van der Waals surface area contributed by atoms with Gasteiger partial charge in [0.25, 0.3) is 5.91 Å². The number of hydrogen-bond donors (Lipinski definition) is 1. The van der Waals surface area contributed by atoms with Crippen molar-refractivity contribution >= 4 is 35.2 Å². The van der Waals surface area contributed by atoms with Crippen LogP contribution in [0.15, 0.2) is 0 Å². The molecule has 0 aliphatic carbocycles. The van der Waals surface area contributed by atoms with E-state index < -0.39 is 12.0 Å². The molecule has 1 aliphatic heterocycles. The lowest BCUT2D eigenvalue weighted by atomic mass is 10.2. The number of nitrogens with zero attached hydrogens (tertiary/aromatic N) is 3. The predicted molar refractivity (Wildman–Crippen MR) is 64.2 cm³/mol. The first-order valence-corrected chi connectivity index (χ1v) is 6.80. The maximum atomic E-state index is 12.2. The van der Waals surface area contributed by atoms with Crippen LogP contribution in [0.5, 0.6) is 0 Å². The highest BCUT2D eigenvalue weighted by Gasteiger charge is 2.40. The van der Waals surface area contributed by atoms with Crippen molar-refractivity contribution in [2.24, 2.45) is 0 Å². The highest BCUT2D eigenvalue weighted by Crippen LogP contribution is 2.31. The fourth-order valence-corrected chi connectivity index (χ4v) is 3.45. The molecule has 1 amide bonds. The average Bonchev–Trinajstić information content (AvgIpc) is 2.83. The van der Waals surface area contributed by atoms with E-state index in [1.165, 1.54) is 16.7 Å². The number of aryl methyl sites for hydroxylation is 1. The van der Waals surface area contributed by atoms with Crippen molar-refractivity contribution in [3.05, 3.63) is 10.6 Å². The topological polar surface area (TPSA) is 83.4 Å². The van der Waals surface area contributed by atoms with E-state index in [-0.39, 0.29) is 11.3 Å². The van der Waals surface area contributed by atoms with Gasteiger partial charge in [-0.05, 0) is 25.4 Å². The lowest BCUT2D eigenvalue weighted by Crippen LogP contribution is -2.44. The molecule has 1 saturated heterocycles. The Balaban J connectivity index is 2.29. The first kappa shape index (κ1) is 12.3. The van der Waals surface area contributed by atoms with Crippen LogP contribution >= 0.6 is 23.3 Å². The number of hydrogen-bond acceptors (Lipinski definition) is 6. The van der Waals surface area contributed by atoms with E-state index in [0.717, 1.165) is 11.5 Å². The molecule has 2 atom stereocenters. The molecule has 0 saturated carbocycles. The fourth-order valence-electron chi connectivity index (χ4n) is 1.69. The van der Waals surface area contributed by atoms with Gasteiger partial charge in [-0.1, -0.05) is 4.49 Å². The maximum absolute atomic E-state index is 12.2. The highest BCUT2D eigenvalue weighted by atomic mass is 32.2. The zero-order valence-electron chi connectivity index (χ0n) is 9.28. The Hall–Kier alpha value is -1.15. The van der Waals surface area contributed by atoms with Crippen molar-refractivity contribution in [2.45, 2.75) is 25.3 Å². The van der Waals surface area contributed by atoms with E-state index in [4.69, 9.17) is 5.11 Å². The average molecular weight is 273 g/mol. The van der Waals surface area contributed by atoms with Gasteiger partial charge in [-0.3, -0.25) is 4.79 Å². The van der Waals surface area contributed by atoms with Gasteiger partial charge in [0, 0.05) is 5.75 Å². The molecule has 1 aromatic heterocycles. The number of carboxylic acids is 1. The van der Waals surface area contributed by atoms with Crippen LogP contribution in [0, 0.1) is 6.92 Å². The van der Waals surface area contributed by atoms with Crippen LogP contribution in [0.1, 0.15) is 22.3 Å². The maximum Gasteiger partial charge on any atom is 0.327 e. The molecule has 0 radical (unpaired) electrons. The summed E-state index contributed by atoms with van der Waals surface area (Å²) in [6, 6.07) is -0.760. The van der Waals surface area contributed by atoms with Crippen LogP contribution in [0.3, 0.4) is 0 Å². The standard InChI is InChI=1S/C9H11N3O3S2/c1-4-7(17-11-10-4)8(13)12-5(2)16-3-6(12)9(14)15/h5-6H,3H2,1-2H3,(H,14,15). The summed E-state index contributed by atoms with van der Waals surface area (Å²) in [7, 11) is 0. The number of aromatic nitrogens is 2. The molecule has 6 nitrogen and oxygen atoms in total. The van der Waals surface area contributed by atoms with Crippen molar-refractivity contribution in [2.75, 3.05) is 5.75 Å². The number of aliphatic carboxylic acids is 1. The Morgan fingerprint density at radius 1 is 1.53 bits per heavy atom. The van der Waals surface area contributed by atoms with Gasteiger partial charge >= 0.3 is 5.97 Å². The number of carboxylic acid groups (broad SMARTS) is 1. The van der Waals surface area contributed by atoms with Gasteiger partial charge in [0.15, 0.2) is 0 Å². The summed E-state index contributed by atoms with van der Waals surface area (Å²) in [5.41, 5.74) is 0.549. The Morgan fingerprint density at radius 3 is 2.76 bits per heavy atom. The van der Waals surface area contributed by atoms with Crippen LogP contribution in [0.4, 0.5) is 0 Å². The molecule has 2 unspecified atom stereocenters. The van der Waals surface area contributed by atoms with Gasteiger partial charge in [0.2, 0.25) is 0 Å². The van der Waals surface area contributed by atoms with Crippen molar-refractivity contribution in [3.63, 3.8) is 0 Å². The normalized spacial score (nSPS) is 24.0. The summed E-state index contributed by atoms with van der Waals surface area (Å²) < 4.78 is 3.70. The Bertz CT molecular complexity index is 462. The SMILES string of the molecule is Cc1nnsc1C(=O)N1C(C)SCC1C(=O)O. The summed E-state index contributed by atoms with van der Waals surface area (Å²) in [6.45, 7) is 3.52. The van der Waals surface area contributed by atoms with E-state index in [9.17, 15) is 9.59 Å². The highest BCUT2D eigenvalue weighted by molar-refractivity contribution is 8.00. The van der Waals surface area contributed by atoms with Crippen LogP contribution in [-0.4, -0.2) is 48.6 Å². The van der Waals surface area contributed by atoms with Gasteiger partial charge in [-0.15, -0.1) is 16.9 Å². The molecule has 1 N–H and O–H groups in total. The number of amides is 1. The summed E-state index contributed by atoms with van der Waals surface area (Å²) in [4.78, 5) is 25.1. The van der Waals surface area contributed by atoms with Crippen LogP contribution < -0.4 is 0 Å². The second kappa shape index (κ2) is 4.61. The lowest BCUT2D eigenvalue weighted by molar-refractivity contribution is -0.141. The number of thioether (sulfide) groups is 1. The van der Waals surface area contributed by atoms with Crippen LogP contribution in [0.2, 0.25) is 0 Å². The molecule has 17 heavy (non-hydrogen) atoms. The van der Waals surface area contributed by atoms with E-state index in [1.54, 1.807) is 6.92 Å². The van der Waals surface area contributed by atoms with Gasteiger partial charge in [0.05, 0.1) is 11.1 Å². The lowest BCUT2D eigenvalue weighted by Gasteiger charge is -2.24. The van der Waals surface area contributed by atoms with Crippen LogP contribution in [-0.2, 0) is 4.79 Å². The minimum absolute atomic E-state index is 0.134. The van der Waals surface area contributed by atoms with Gasteiger partial charge in [-0.25, -0.2) is 4.79 Å². The number of rotatable bonds is 2. The Morgan fingerprint density at radius 2 is 2.24 bits per heavy atom. The molecule has 0 spiro atoms. The van der Waals surface area contributed by atoms with Gasteiger partial charge < -0.3 is 10.0 Å². The van der Waals surface area contributed by atoms with Crippen molar-refractivity contribution < 1.29 is 14.7 Å². The Kier molecular flexibility index (Phi) is 3.34. The van der Waals surface area contributed by atoms with E-state index in [2.05, 4.69) is 9.59 Å². The molecule has 8 heteroatoms. The quantitative estimate of drug-likeness (QED) is 0.859. The molecule has 92 valence electrons. The van der Waals surface area contributed by atoms with Gasteiger partial charge in [-0.2, -0.15) is 0 Å². The third-order valence-electron chi connectivity index (χ3n) is 2.59. The van der Waals surface area contributed by atoms with E-state index in [0.29, 0.717) is 16.3 Å². The molecular weight excluding hydrogens is 262 g/mol. The molecule has 1 aromatic rings. The van der Waals surface area contributed by atoms with Crippen LogP contribution in [0.25, 0.3) is 0 Å². The number of carbonyl (C=O) groups is 2. The summed E-state index contributed by atoms with van der Waals surface area (Å²) >= 11 is 2.47. The molecule has 2 rings (SSSR count). The van der Waals surface area contributed by atoms with Crippen molar-refractivity contribution in [1.82, 2.24) is 14.5 Å². The molecule has 1 fully saturated rings. The first-order valence-electron chi connectivity index (χ1n) is 4.98. The van der Waals surface area contributed by atoms with E-state index >= 15 is 0 Å². The minimum Gasteiger partial charge on any atom is -0.480 e. The zero-order chi connectivity index (χ0) is 12.6. The largest absolute Gasteiger partial charge is 0.480 e. The molecule has 2 heterocycles. The van der Waals surface area contributed by atoms with E-state index in [1.807, 2.05) is 6.92 Å². The number of carbonyl (C=O) groups excluding carboxylic acids is 1.